The molecule has 0 unspecified atom stereocenters. The summed E-state index contributed by atoms with van der Waals surface area (Å²) in [7, 11) is 0. The molecule has 0 aromatic carbocycles. The quantitative estimate of drug-likeness (QED) is 0.810. The molecule has 96 valence electrons. The van der Waals surface area contributed by atoms with Crippen molar-refractivity contribution in [2.24, 2.45) is 23.2 Å². The first-order valence-electron chi connectivity index (χ1n) is 7.37. The van der Waals surface area contributed by atoms with Crippen LogP contribution in [0.2, 0.25) is 0 Å². The molecular weight excluding hydrogens is 224 g/mol. The van der Waals surface area contributed by atoms with E-state index in [9.17, 15) is 4.79 Å². The van der Waals surface area contributed by atoms with Gasteiger partial charge in [-0.05, 0) is 69.1 Å². The molecule has 3 nitrogen and oxygen atoms in total. The van der Waals surface area contributed by atoms with Gasteiger partial charge in [0.1, 0.15) is 5.41 Å². The van der Waals surface area contributed by atoms with Gasteiger partial charge < -0.3 is 5.32 Å². The van der Waals surface area contributed by atoms with Crippen molar-refractivity contribution in [2.75, 3.05) is 0 Å². The largest absolute Gasteiger partial charge is 0.349 e. The molecule has 0 aliphatic heterocycles. The molecule has 5 saturated carbocycles. The fraction of sp³-hybridized carbons (Fsp3) is 0.867. The molecule has 0 saturated heterocycles. The number of nitriles is 1. The molecule has 5 aliphatic carbocycles. The van der Waals surface area contributed by atoms with Crippen LogP contribution in [0, 0.1) is 34.5 Å². The Balaban J connectivity index is 1.55. The molecule has 5 aliphatic rings. The molecule has 5 rings (SSSR count). The summed E-state index contributed by atoms with van der Waals surface area (Å²) in [5, 5.41) is 12.4. The second-order valence-corrected chi connectivity index (χ2v) is 7.35. The van der Waals surface area contributed by atoms with Crippen LogP contribution in [0.15, 0.2) is 0 Å². The van der Waals surface area contributed by atoms with E-state index in [0.717, 1.165) is 30.6 Å². The van der Waals surface area contributed by atoms with Crippen molar-refractivity contribution in [2.45, 2.75) is 56.9 Å². The van der Waals surface area contributed by atoms with Crippen LogP contribution in [0.5, 0.6) is 0 Å². The highest BCUT2D eigenvalue weighted by Crippen LogP contribution is 2.56. The zero-order valence-electron chi connectivity index (χ0n) is 10.7. The van der Waals surface area contributed by atoms with Gasteiger partial charge in [-0.25, -0.2) is 0 Å². The standard InChI is InChI=1S/C15H20N2O/c16-9-14(1-2-14)13(18)17-15-6-10-3-11(7-15)5-12(4-10)8-15/h10-12H,1-8H2,(H,17,18). The van der Waals surface area contributed by atoms with Gasteiger partial charge in [-0.15, -0.1) is 0 Å². The number of hydrogen-bond acceptors (Lipinski definition) is 2. The van der Waals surface area contributed by atoms with Crippen LogP contribution in [0.3, 0.4) is 0 Å². The zero-order chi connectivity index (χ0) is 12.4. The summed E-state index contributed by atoms with van der Waals surface area (Å²) in [6, 6.07) is 2.22. The first-order chi connectivity index (χ1) is 8.63. The predicted molar refractivity (Wildman–Crippen MR) is 66.3 cm³/mol. The van der Waals surface area contributed by atoms with Gasteiger partial charge in [0, 0.05) is 5.54 Å². The minimum Gasteiger partial charge on any atom is -0.349 e. The third-order valence-corrected chi connectivity index (χ3v) is 5.82. The van der Waals surface area contributed by atoms with Crippen molar-refractivity contribution in [3.8, 4) is 6.07 Å². The molecule has 4 bridgehead atoms. The van der Waals surface area contributed by atoms with E-state index in [4.69, 9.17) is 5.26 Å². The minimum atomic E-state index is -0.649. The summed E-state index contributed by atoms with van der Waals surface area (Å²) in [6.45, 7) is 0. The molecule has 0 atom stereocenters. The monoisotopic (exact) mass is 244 g/mol. The summed E-state index contributed by atoms with van der Waals surface area (Å²) >= 11 is 0. The fourth-order valence-corrected chi connectivity index (χ4v) is 5.14. The maximum Gasteiger partial charge on any atom is 0.240 e. The number of carbonyl (C=O) groups excluding carboxylic acids is 1. The van der Waals surface area contributed by atoms with Crippen LogP contribution >= 0.6 is 0 Å². The summed E-state index contributed by atoms with van der Waals surface area (Å²) < 4.78 is 0. The zero-order valence-corrected chi connectivity index (χ0v) is 10.7. The van der Waals surface area contributed by atoms with Crippen LogP contribution in [0.25, 0.3) is 0 Å². The number of amides is 1. The van der Waals surface area contributed by atoms with E-state index in [1.807, 2.05) is 0 Å². The van der Waals surface area contributed by atoms with Crippen LogP contribution < -0.4 is 5.32 Å². The van der Waals surface area contributed by atoms with Crippen LogP contribution in [-0.4, -0.2) is 11.4 Å². The second-order valence-electron chi connectivity index (χ2n) is 7.35. The first-order valence-corrected chi connectivity index (χ1v) is 7.37. The summed E-state index contributed by atoms with van der Waals surface area (Å²) in [6.07, 6.45) is 9.21. The molecule has 0 aromatic rings. The molecule has 3 heteroatoms. The highest BCUT2D eigenvalue weighted by Gasteiger charge is 2.56. The van der Waals surface area contributed by atoms with Crippen LogP contribution in [-0.2, 0) is 4.79 Å². The van der Waals surface area contributed by atoms with E-state index in [0.29, 0.717) is 0 Å². The summed E-state index contributed by atoms with van der Waals surface area (Å²) in [4.78, 5) is 12.3. The van der Waals surface area contributed by atoms with E-state index < -0.39 is 5.41 Å². The number of nitrogens with one attached hydrogen (secondary N) is 1. The van der Waals surface area contributed by atoms with E-state index in [1.54, 1.807) is 0 Å². The third kappa shape index (κ3) is 1.44. The molecular formula is C15H20N2O. The van der Waals surface area contributed by atoms with Gasteiger partial charge in [0.2, 0.25) is 5.91 Å². The lowest BCUT2D eigenvalue weighted by atomic mass is 9.53. The second kappa shape index (κ2) is 3.29. The number of carbonyl (C=O) groups is 1. The first kappa shape index (κ1) is 10.8. The van der Waals surface area contributed by atoms with Crippen molar-refractivity contribution in [1.82, 2.24) is 5.32 Å². The Morgan fingerprint density at radius 3 is 1.94 bits per heavy atom. The van der Waals surface area contributed by atoms with Crippen molar-refractivity contribution in [3.05, 3.63) is 0 Å². The van der Waals surface area contributed by atoms with Gasteiger partial charge in [-0.1, -0.05) is 0 Å². The smallest absolute Gasteiger partial charge is 0.240 e. The molecule has 0 heterocycles. The van der Waals surface area contributed by atoms with Crippen molar-refractivity contribution >= 4 is 5.91 Å². The molecule has 5 fully saturated rings. The van der Waals surface area contributed by atoms with Gasteiger partial charge in [0.15, 0.2) is 0 Å². The number of nitrogens with zero attached hydrogens (tertiary/aromatic N) is 1. The SMILES string of the molecule is N#CC1(C(=O)NC23CC4CC(CC(C4)C2)C3)CC1. The van der Waals surface area contributed by atoms with Crippen LogP contribution in [0.1, 0.15) is 51.4 Å². The number of hydrogen-bond donors (Lipinski definition) is 1. The van der Waals surface area contributed by atoms with Crippen molar-refractivity contribution in [1.29, 1.82) is 5.26 Å². The Hall–Kier alpha value is -1.04. The van der Waals surface area contributed by atoms with Gasteiger partial charge >= 0.3 is 0 Å². The number of rotatable bonds is 2. The van der Waals surface area contributed by atoms with E-state index in [1.165, 1.54) is 38.5 Å². The van der Waals surface area contributed by atoms with Gasteiger partial charge in [-0.2, -0.15) is 5.26 Å². The maximum atomic E-state index is 12.3. The maximum absolute atomic E-state index is 12.3. The lowest BCUT2D eigenvalue weighted by Gasteiger charge is -2.57. The van der Waals surface area contributed by atoms with Crippen molar-refractivity contribution in [3.63, 3.8) is 0 Å². The van der Waals surface area contributed by atoms with Gasteiger partial charge in [0.25, 0.3) is 0 Å². The third-order valence-electron chi connectivity index (χ3n) is 5.82. The molecule has 0 radical (unpaired) electrons. The van der Waals surface area contributed by atoms with Crippen molar-refractivity contribution < 1.29 is 4.79 Å². The summed E-state index contributed by atoms with van der Waals surface area (Å²) in [5.74, 6) is 2.56. The minimum absolute atomic E-state index is 0.0342. The average molecular weight is 244 g/mol. The lowest BCUT2D eigenvalue weighted by Crippen LogP contribution is -2.60. The Morgan fingerprint density at radius 1 is 1.06 bits per heavy atom. The van der Waals surface area contributed by atoms with Crippen LogP contribution in [0.4, 0.5) is 0 Å². The summed E-state index contributed by atoms with van der Waals surface area (Å²) in [5.41, 5.74) is -0.582. The average Bonchev–Trinajstić information content (AvgIpc) is 3.06. The molecule has 0 spiro atoms. The van der Waals surface area contributed by atoms with E-state index >= 15 is 0 Å². The molecule has 18 heavy (non-hydrogen) atoms. The molecule has 0 aromatic heterocycles. The van der Waals surface area contributed by atoms with Gasteiger partial charge in [-0.3, -0.25) is 4.79 Å². The predicted octanol–water partition coefficient (Wildman–Crippen LogP) is 2.38. The highest BCUT2D eigenvalue weighted by molar-refractivity contribution is 5.88. The molecule has 1 N–H and O–H groups in total. The highest BCUT2D eigenvalue weighted by atomic mass is 16.2. The Labute approximate surface area is 108 Å². The van der Waals surface area contributed by atoms with Gasteiger partial charge in [0.05, 0.1) is 6.07 Å². The Kier molecular flexibility index (Phi) is 1.98. The molecule has 1 amide bonds. The Bertz CT molecular complexity index is 409. The Morgan fingerprint density at radius 2 is 1.56 bits per heavy atom. The van der Waals surface area contributed by atoms with E-state index in [-0.39, 0.29) is 11.4 Å². The lowest BCUT2D eigenvalue weighted by molar-refractivity contribution is -0.130. The fourth-order valence-electron chi connectivity index (χ4n) is 5.14. The topological polar surface area (TPSA) is 52.9 Å². The van der Waals surface area contributed by atoms with E-state index in [2.05, 4.69) is 11.4 Å². The normalized spacial score (nSPS) is 46.5.